The van der Waals surface area contributed by atoms with Gasteiger partial charge in [0.2, 0.25) is 0 Å². The normalized spacial score (nSPS) is 10.8. The molecule has 0 bridgehead atoms. The average Bonchev–Trinajstić information content (AvgIpc) is 2.47. The highest BCUT2D eigenvalue weighted by atomic mass is 16.4. The van der Waals surface area contributed by atoms with E-state index in [4.69, 9.17) is 15.3 Å². The average molecular weight is 317 g/mol. The summed E-state index contributed by atoms with van der Waals surface area (Å²) in [6, 6.07) is 0. The molecule has 0 aliphatic carbocycles. The summed E-state index contributed by atoms with van der Waals surface area (Å²) in [4.78, 5) is 45.5. The Morgan fingerprint density at radius 2 is 1.50 bits per heavy atom. The van der Waals surface area contributed by atoms with Crippen LogP contribution < -0.4 is 17.1 Å². The molecule has 4 N–H and O–H groups in total. The quantitative estimate of drug-likeness (QED) is 0.446. The summed E-state index contributed by atoms with van der Waals surface area (Å²) in [6.07, 6.45) is 1.56. The van der Waals surface area contributed by atoms with E-state index in [0.29, 0.717) is 14.7 Å². The maximum Gasteiger partial charge on any atom is 0.336 e. The first-order chi connectivity index (χ1) is 10.3. The highest BCUT2D eigenvalue weighted by Crippen LogP contribution is 1.87. The zero-order valence-corrected chi connectivity index (χ0v) is 12.3. The van der Waals surface area contributed by atoms with Crippen LogP contribution >= 0.6 is 0 Å². The van der Waals surface area contributed by atoms with Crippen LogP contribution in [0.3, 0.4) is 0 Å². The van der Waals surface area contributed by atoms with E-state index in [9.17, 15) is 19.2 Å². The van der Waals surface area contributed by atoms with E-state index in [0.717, 1.165) is 0 Å². The number of aliphatic carboxylic acids is 1. The Balaban J connectivity index is 0.000000534. The molecule has 0 spiro atoms. The van der Waals surface area contributed by atoms with Crippen molar-refractivity contribution in [2.75, 3.05) is 13.2 Å². The summed E-state index contributed by atoms with van der Waals surface area (Å²) in [6.45, 7) is 2.09. The lowest BCUT2D eigenvalue weighted by molar-refractivity contribution is -0.132. The molecule has 0 fully saturated rings. The Hall–Kier alpha value is -2.46. The Labute approximate surface area is 124 Å². The molecule has 1 aromatic rings. The molecule has 0 atom stereocenters. The van der Waals surface area contributed by atoms with Crippen molar-refractivity contribution >= 4 is 5.97 Å². The van der Waals surface area contributed by atoms with E-state index >= 15 is 0 Å². The lowest BCUT2D eigenvalue weighted by Crippen LogP contribution is -2.50. The van der Waals surface area contributed by atoms with Gasteiger partial charge in [0.1, 0.15) is 0 Å². The van der Waals surface area contributed by atoms with Crippen molar-refractivity contribution in [3.8, 4) is 0 Å². The van der Waals surface area contributed by atoms with Crippen LogP contribution in [0.15, 0.2) is 26.0 Å². The number of carboxylic acids is 1. The summed E-state index contributed by atoms with van der Waals surface area (Å²) in [5, 5.41) is 25.3. The summed E-state index contributed by atoms with van der Waals surface area (Å²) >= 11 is 0. The lowest BCUT2D eigenvalue weighted by atomic mass is 10.3. The van der Waals surface area contributed by atoms with Crippen LogP contribution in [0, 0.1) is 0 Å². The van der Waals surface area contributed by atoms with Crippen molar-refractivity contribution in [2.45, 2.75) is 26.9 Å². The number of rotatable bonds is 5. The van der Waals surface area contributed by atoms with Crippen molar-refractivity contribution in [2.24, 2.45) is 0 Å². The standard InChI is InChI=1S/C7H11N3O5.C5H8O2/c11-3-1-9-5(13)8-6(14)10(2-4-12)7(9)15;1-3-4(2)5(6)7/h11-12H,1-4H2,(H,8,13,14);3H,1-2H3,(H,6,7). The molecule has 1 heterocycles. The van der Waals surface area contributed by atoms with Crippen LogP contribution in [-0.2, 0) is 17.9 Å². The molecule has 0 aliphatic heterocycles. The molecule has 0 aliphatic rings. The van der Waals surface area contributed by atoms with E-state index in [1.807, 2.05) is 4.98 Å². The SMILES string of the molecule is CC=C(C)C(=O)O.O=c1[nH]c(=O)n(CCO)c(=O)n1CCO. The number of nitrogens with zero attached hydrogens (tertiary/aromatic N) is 2. The third kappa shape index (κ3) is 5.50. The van der Waals surface area contributed by atoms with Gasteiger partial charge < -0.3 is 15.3 Å². The van der Waals surface area contributed by atoms with Crippen molar-refractivity contribution in [3.05, 3.63) is 43.1 Å². The van der Waals surface area contributed by atoms with Crippen molar-refractivity contribution < 1.29 is 20.1 Å². The predicted octanol–water partition coefficient (Wildman–Crippen LogP) is -2.28. The van der Waals surface area contributed by atoms with E-state index in [1.54, 1.807) is 19.9 Å². The van der Waals surface area contributed by atoms with E-state index in [2.05, 4.69) is 0 Å². The number of H-pyrrole nitrogens is 1. The predicted molar refractivity (Wildman–Crippen MR) is 76.8 cm³/mol. The van der Waals surface area contributed by atoms with Gasteiger partial charge in [-0.1, -0.05) is 6.08 Å². The third-order valence-electron chi connectivity index (χ3n) is 2.58. The minimum Gasteiger partial charge on any atom is -0.478 e. The van der Waals surface area contributed by atoms with Gasteiger partial charge in [0.05, 0.1) is 26.3 Å². The highest BCUT2D eigenvalue weighted by Gasteiger charge is 2.08. The Kier molecular flexibility index (Phi) is 8.41. The first kappa shape index (κ1) is 19.5. The Morgan fingerprint density at radius 3 is 1.73 bits per heavy atom. The second-order valence-electron chi connectivity index (χ2n) is 4.05. The highest BCUT2D eigenvalue weighted by molar-refractivity contribution is 5.85. The number of hydrogen-bond donors (Lipinski definition) is 4. The number of aromatic nitrogens is 3. The topological polar surface area (TPSA) is 155 Å². The van der Waals surface area contributed by atoms with Gasteiger partial charge in [-0.2, -0.15) is 0 Å². The maximum atomic E-state index is 11.5. The number of aromatic amines is 1. The molecule has 1 aromatic heterocycles. The lowest BCUT2D eigenvalue weighted by Gasteiger charge is -2.05. The zero-order chi connectivity index (χ0) is 17.3. The van der Waals surface area contributed by atoms with Crippen LogP contribution in [0.1, 0.15) is 13.8 Å². The van der Waals surface area contributed by atoms with Gasteiger partial charge in [0.25, 0.3) is 0 Å². The number of allylic oxidation sites excluding steroid dienone is 1. The van der Waals surface area contributed by atoms with Gasteiger partial charge in [0.15, 0.2) is 0 Å². The Morgan fingerprint density at radius 1 is 1.09 bits per heavy atom. The molecular formula is C12H19N3O7. The van der Waals surface area contributed by atoms with Gasteiger partial charge >= 0.3 is 23.0 Å². The summed E-state index contributed by atoms with van der Waals surface area (Å²) in [5.74, 6) is -0.845. The van der Waals surface area contributed by atoms with Crippen molar-refractivity contribution in [3.63, 3.8) is 0 Å². The summed E-state index contributed by atoms with van der Waals surface area (Å²) in [7, 11) is 0. The maximum absolute atomic E-state index is 11.5. The molecule has 10 heteroatoms. The molecule has 124 valence electrons. The third-order valence-corrected chi connectivity index (χ3v) is 2.58. The molecule has 0 saturated heterocycles. The molecule has 10 nitrogen and oxygen atoms in total. The molecular weight excluding hydrogens is 298 g/mol. The molecule has 0 amide bonds. The van der Waals surface area contributed by atoms with Gasteiger partial charge in [-0.15, -0.1) is 0 Å². The van der Waals surface area contributed by atoms with E-state index in [-0.39, 0.29) is 26.3 Å². The number of carbonyl (C=O) groups is 1. The van der Waals surface area contributed by atoms with E-state index < -0.39 is 23.0 Å². The molecule has 0 radical (unpaired) electrons. The molecule has 0 aromatic carbocycles. The fraction of sp³-hybridized carbons (Fsp3) is 0.500. The number of hydrogen-bond acceptors (Lipinski definition) is 6. The van der Waals surface area contributed by atoms with E-state index in [1.165, 1.54) is 0 Å². The number of aliphatic hydroxyl groups is 2. The van der Waals surface area contributed by atoms with Crippen molar-refractivity contribution in [1.29, 1.82) is 0 Å². The van der Waals surface area contributed by atoms with Crippen LogP contribution in [0.4, 0.5) is 0 Å². The van der Waals surface area contributed by atoms with Crippen LogP contribution in [0.5, 0.6) is 0 Å². The minimum absolute atomic E-state index is 0.195. The summed E-state index contributed by atoms with van der Waals surface area (Å²) in [5.41, 5.74) is -2.19. The van der Waals surface area contributed by atoms with Gasteiger partial charge in [-0.25, -0.2) is 28.3 Å². The van der Waals surface area contributed by atoms with Crippen LogP contribution in [0.2, 0.25) is 0 Å². The zero-order valence-electron chi connectivity index (χ0n) is 12.3. The fourth-order valence-electron chi connectivity index (χ4n) is 1.26. The number of nitrogens with one attached hydrogen (secondary N) is 1. The fourth-order valence-corrected chi connectivity index (χ4v) is 1.26. The summed E-state index contributed by atoms with van der Waals surface area (Å²) < 4.78 is 1.38. The minimum atomic E-state index is -0.867. The number of carboxylic acid groups (broad SMARTS) is 1. The molecule has 0 unspecified atom stereocenters. The second-order valence-corrected chi connectivity index (χ2v) is 4.05. The number of aliphatic hydroxyl groups excluding tert-OH is 2. The smallest absolute Gasteiger partial charge is 0.336 e. The van der Waals surface area contributed by atoms with Gasteiger partial charge in [-0.05, 0) is 13.8 Å². The Bertz CT molecular complexity index is 655. The molecule has 22 heavy (non-hydrogen) atoms. The first-order valence-electron chi connectivity index (χ1n) is 6.32. The first-order valence-corrected chi connectivity index (χ1v) is 6.32. The molecule has 1 rings (SSSR count). The van der Waals surface area contributed by atoms with Crippen molar-refractivity contribution in [1.82, 2.24) is 14.1 Å². The van der Waals surface area contributed by atoms with Crippen LogP contribution in [-0.4, -0.2) is 48.6 Å². The second kappa shape index (κ2) is 9.47. The van der Waals surface area contributed by atoms with Gasteiger partial charge in [-0.3, -0.25) is 4.98 Å². The molecule has 0 saturated carbocycles. The van der Waals surface area contributed by atoms with Gasteiger partial charge in [0, 0.05) is 5.57 Å². The largest absolute Gasteiger partial charge is 0.478 e. The van der Waals surface area contributed by atoms with Crippen LogP contribution in [0.25, 0.3) is 0 Å². The monoisotopic (exact) mass is 317 g/mol.